The molecule has 0 spiro atoms. The van der Waals surface area contributed by atoms with Gasteiger partial charge >= 0.3 is 0 Å². The largest absolute Gasteiger partial charge is 0.350 e. The van der Waals surface area contributed by atoms with Crippen molar-refractivity contribution in [3.05, 3.63) is 35.6 Å². The summed E-state index contributed by atoms with van der Waals surface area (Å²) in [5.74, 6) is -0.573. The predicted octanol–water partition coefficient (Wildman–Crippen LogP) is 2.23. The molecule has 2 amide bonds. The van der Waals surface area contributed by atoms with Crippen molar-refractivity contribution in [2.75, 3.05) is 13.1 Å². The molecule has 0 saturated heterocycles. The number of carbonyl (C=O) groups excluding carboxylic acids is 2. The van der Waals surface area contributed by atoms with Gasteiger partial charge in [0, 0.05) is 25.0 Å². The third-order valence-corrected chi connectivity index (χ3v) is 4.49. The first-order chi connectivity index (χ1) is 11.5. The minimum absolute atomic E-state index is 0. The van der Waals surface area contributed by atoms with Gasteiger partial charge in [-0.3, -0.25) is 9.59 Å². The van der Waals surface area contributed by atoms with E-state index in [-0.39, 0.29) is 48.5 Å². The molecule has 0 radical (unpaired) electrons. The molecule has 0 aliphatic heterocycles. The Hall–Kier alpha value is -1.66. The number of likely N-dealkylation sites (N-methyl/N-ethyl adjacent to an activating group) is 1. The summed E-state index contributed by atoms with van der Waals surface area (Å²) < 4.78 is 12.9. The lowest BCUT2D eigenvalue weighted by Gasteiger charge is -2.30. The Morgan fingerprint density at radius 2 is 1.96 bits per heavy atom. The van der Waals surface area contributed by atoms with Crippen molar-refractivity contribution in [1.82, 2.24) is 10.2 Å². The van der Waals surface area contributed by atoms with Crippen molar-refractivity contribution in [3.8, 4) is 0 Å². The summed E-state index contributed by atoms with van der Waals surface area (Å²) in [7, 11) is 0. The molecule has 2 unspecified atom stereocenters. The number of nitrogens with zero attached hydrogens (tertiary/aromatic N) is 1. The van der Waals surface area contributed by atoms with Gasteiger partial charge in [0.05, 0.1) is 6.54 Å². The number of hydrogen-bond donors (Lipinski definition) is 2. The van der Waals surface area contributed by atoms with Gasteiger partial charge < -0.3 is 16.0 Å². The maximum absolute atomic E-state index is 12.9. The smallest absolute Gasteiger partial charge is 0.239 e. The Morgan fingerprint density at radius 3 is 2.56 bits per heavy atom. The molecule has 0 heterocycles. The van der Waals surface area contributed by atoms with E-state index in [0.717, 1.165) is 24.8 Å². The van der Waals surface area contributed by atoms with Gasteiger partial charge in [-0.2, -0.15) is 0 Å². The van der Waals surface area contributed by atoms with Crippen LogP contribution in [0, 0.1) is 11.7 Å². The van der Waals surface area contributed by atoms with Crippen molar-refractivity contribution in [2.45, 2.75) is 45.2 Å². The first-order valence-electron chi connectivity index (χ1n) is 8.55. The topological polar surface area (TPSA) is 75.4 Å². The summed E-state index contributed by atoms with van der Waals surface area (Å²) in [5, 5.41) is 2.77. The molecule has 1 saturated carbocycles. The third kappa shape index (κ3) is 6.63. The average molecular weight is 372 g/mol. The molecule has 0 bridgehead atoms. The molecule has 2 atom stereocenters. The molecule has 7 heteroatoms. The molecule has 25 heavy (non-hydrogen) atoms. The molecule has 1 aliphatic rings. The van der Waals surface area contributed by atoms with Gasteiger partial charge in [0.1, 0.15) is 5.82 Å². The quantitative estimate of drug-likeness (QED) is 0.805. The minimum atomic E-state index is -0.307. The second-order valence-electron chi connectivity index (χ2n) is 6.38. The van der Waals surface area contributed by atoms with Crippen LogP contribution in [-0.2, 0) is 16.1 Å². The van der Waals surface area contributed by atoms with E-state index in [0.29, 0.717) is 19.5 Å². The van der Waals surface area contributed by atoms with E-state index in [9.17, 15) is 14.0 Å². The van der Waals surface area contributed by atoms with Gasteiger partial charge in [0.25, 0.3) is 0 Å². The van der Waals surface area contributed by atoms with Gasteiger partial charge in [-0.25, -0.2) is 4.39 Å². The molecular weight excluding hydrogens is 345 g/mol. The van der Waals surface area contributed by atoms with Crippen molar-refractivity contribution in [1.29, 1.82) is 0 Å². The van der Waals surface area contributed by atoms with Gasteiger partial charge in [-0.05, 0) is 43.9 Å². The van der Waals surface area contributed by atoms with Crippen LogP contribution >= 0.6 is 12.4 Å². The molecule has 5 nitrogen and oxygen atoms in total. The lowest BCUT2D eigenvalue weighted by Crippen LogP contribution is -2.45. The van der Waals surface area contributed by atoms with Crippen LogP contribution < -0.4 is 11.1 Å². The molecule has 3 N–H and O–H groups in total. The zero-order chi connectivity index (χ0) is 17.5. The van der Waals surface area contributed by atoms with Gasteiger partial charge in [0.15, 0.2) is 0 Å². The molecular formula is C18H27ClFN3O2. The van der Waals surface area contributed by atoms with Crippen LogP contribution in [0.25, 0.3) is 0 Å². The van der Waals surface area contributed by atoms with Crippen LogP contribution in [0.3, 0.4) is 0 Å². The normalized spacial score (nSPS) is 19.6. The number of halogens is 2. The Kier molecular flexibility index (Phi) is 8.86. The number of hydrogen-bond acceptors (Lipinski definition) is 3. The Balaban J connectivity index is 0.00000312. The maximum atomic E-state index is 12.9. The standard InChI is InChI=1S/C18H26FN3O2.ClH/c1-2-22(18(24)14-4-3-5-16(20)10-14)12-17(23)21-11-13-6-8-15(19)9-7-13;/h6-9,14,16H,2-5,10-12,20H2,1H3,(H,21,23);1H. The highest BCUT2D eigenvalue weighted by Gasteiger charge is 2.29. The van der Waals surface area contributed by atoms with E-state index >= 15 is 0 Å². The summed E-state index contributed by atoms with van der Waals surface area (Å²) in [5.41, 5.74) is 6.77. The van der Waals surface area contributed by atoms with Crippen molar-refractivity contribution >= 4 is 24.2 Å². The second kappa shape index (κ2) is 10.4. The van der Waals surface area contributed by atoms with E-state index in [1.54, 1.807) is 17.0 Å². The molecule has 140 valence electrons. The third-order valence-electron chi connectivity index (χ3n) is 4.49. The van der Waals surface area contributed by atoms with Gasteiger partial charge in [0.2, 0.25) is 11.8 Å². The molecule has 1 aromatic carbocycles. The molecule has 2 rings (SSSR count). The maximum Gasteiger partial charge on any atom is 0.239 e. The van der Waals surface area contributed by atoms with Crippen LogP contribution in [0.4, 0.5) is 4.39 Å². The molecule has 1 aliphatic carbocycles. The summed E-state index contributed by atoms with van der Waals surface area (Å²) in [6.07, 6.45) is 3.48. The second-order valence-corrected chi connectivity index (χ2v) is 6.38. The Bertz CT molecular complexity index is 568. The first kappa shape index (κ1) is 21.4. The summed E-state index contributed by atoms with van der Waals surface area (Å²) in [6.45, 7) is 2.73. The van der Waals surface area contributed by atoms with E-state index < -0.39 is 0 Å². The number of benzene rings is 1. The molecule has 1 fully saturated rings. The number of carbonyl (C=O) groups is 2. The monoisotopic (exact) mass is 371 g/mol. The SMILES string of the molecule is CCN(CC(=O)NCc1ccc(F)cc1)C(=O)C1CCCC(N)C1.Cl. The van der Waals surface area contributed by atoms with E-state index in [1.807, 2.05) is 6.92 Å². The zero-order valence-corrected chi connectivity index (χ0v) is 15.4. The van der Waals surface area contributed by atoms with Crippen molar-refractivity contribution in [3.63, 3.8) is 0 Å². The summed E-state index contributed by atoms with van der Waals surface area (Å²) >= 11 is 0. The highest BCUT2D eigenvalue weighted by atomic mass is 35.5. The van der Waals surface area contributed by atoms with Gasteiger partial charge in [-0.1, -0.05) is 18.6 Å². The van der Waals surface area contributed by atoms with Crippen molar-refractivity contribution < 1.29 is 14.0 Å². The van der Waals surface area contributed by atoms with E-state index in [2.05, 4.69) is 5.32 Å². The van der Waals surface area contributed by atoms with E-state index in [4.69, 9.17) is 5.73 Å². The van der Waals surface area contributed by atoms with Crippen LogP contribution in [0.15, 0.2) is 24.3 Å². The van der Waals surface area contributed by atoms with Crippen LogP contribution in [0.1, 0.15) is 38.2 Å². The fraction of sp³-hybridized carbons (Fsp3) is 0.556. The lowest BCUT2D eigenvalue weighted by molar-refractivity contribution is -0.140. The fourth-order valence-electron chi connectivity index (χ4n) is 3.09. The van der Waals surface area contributed by atoms with Crippen LogP contribution in [0.5, 0.6) is 0 Å². The van der Waals surface area contributed by atoms with E-state index in [1.165, 1.54) is 12.1 Å². The predicted molar refractivity (Wildman–Crippen MR) is 97.7 cm³/mol. The number of nitrogens with two attached hydrogens (primary N) is 1. The lowest BCUT2D eigenvalue weighted by atomic mass is 9.85. The number of nitrogens with one attached hydrogen (secondary N) is 1. The zero-order valence-electron chi connectivity index (χ0n) is 14.5. The molecule has 0 aromatic heterocycles. The minimum Gasteiger partial charge on any atom is -0.350 e. The molecule has 1 aromatic rings. The average Bonchev–Trinajstić information content (AvgIpc) is 2.58. The van der Waals surface area contributed by atoms with Gasteiger partial charge in [-0.15, -0.1) is 12.4 Å². The fourth-order valence-corrected chi connectivity index (χ4v) is 3.09. The van der Waals surface area contributed by atoms with Crippen LogP contribution in [0.2, 0.25) is 0 Å². The van der Waals surface area contributed by atoms with Crippen LogP contribution in [-0.4, -0.2) is 35.8 Å². The number of rotatable bonds is 6. The Morgan fingerprint density at radius 1 is 1.28 bits per heavy atom. The summed E-state index contributed by atoms with van der Waals surface area (Å²) in [4.78, 5) is 26.3. The summed E-state index contributed by atoms with van der Waals surface area (Å²) in [6, 6.07) is 6.05. The highest BCUT2D eigenvalue weighted by Crippen LogP contribution is 2.24. The first-order valence-corrected chi connectivity index (χ1v) is 8.55. The number of amides is 2. The Labute approximate surface area is 154 Å². The van der Waals surface area contributed by atoms with Crippen molar-refractivity contribution in [2.24, 2.45) is 11.7 Å². The highest BCUT2D eigenvalue weighted by molar-refractivity contribution is 5.86.